The first-order chi connectivity index (χ1) is 8.38. The molecule has 1 atom stereocenters. The van der Waals surface area contributed by atoms with Gasteiger partial charge >= 0.3 is 0 Å². The first kappa shape index (κ1) is 14.7. The van der Waals surface area contributed by atoms with Crippen molar-refractivity contribution < 1.29 is 4.39 Å². The molecule has 0 heterocycles. The van der Waals surface area contributed by atoms with Gasteiger partial charge in [-0.05, 0) is 51.0 Å². The topological polar surface area (TPSA) is 29.3 Å². The van der Waals surface area contributed by atoms with Gasteiger partial charge in [0.2, 0.25) is 0 Å². The Labute approximate surface area is 109 Å². The van der Waals surface area contributed by atoms with Crippen LogP contribution in [0.2, 0.25) is 0 Å². The molecule has 100 valence electrons. The lowest BCUT2D eigenvalue weighted by Crippen LogP contribution is -2.32. The van der Waals surface area contributed by atoms with Gasteiger partial charge in [-0.1, -0.05) is 6.08 Å². The van der Waals surface area contributed by atoms with Crippen LogP contribution >= 0.6 is 0 Å². The van der Waals surface area contributed by atoms with Crippen molar-refractivity contribution >= 4 is 5.69 Å². The highest BCUT2D eigenvalue weighted by atomic mass is 19.1. The van der Waals surface area contributed by atoms with E-state index in [1.807, 2.05) is 19.1 Å². The molecule has 0 bridgehead atoms. The van der Waals surface area contributed by atoms with Crippen LogP contribution in [0, 0.1) is 12.7 Å². The molecule has 0 aromatic heterocycles. The smallest absolute Gasteiger partial charge is 0.126 e. The van der Waals surface area contributed by atoms with Crippen molar-refractivity contribution in [2.45, 2.75) is 39.8 Å². The van der Waals surface area contributed by atoms with Crippen LogP contribution in [-0.4, -0.2) is 12.6 Å². The third-order valence-corrected chi connectivity index (χ3v) is 3.06. The molecule has 1 rings (SSSR count). The Kier molecular flexibility index (Phi) is 4.91. The van der Waals surface area contributed by atoms with E-state index in [2.05, 4.69) is 25.3 Å². The molecular weight excluding hydrogens is 227 g/mol. The second-order valence-corrected chi connectivity index (χ2v) is 4.98. The zero-order chi connectivity index (χ0) is 13.9. The summed E-state index contributed by atoms with van der Waals surface area (Å²) < 4.78 is 13.7. The van der Waals surface area contributed by atoms with Gasteiger partial charge in [0.05, 0.1) is 0 Å². The fourth-order valence-corrected chi connectivity index (χ4v) is 2.02. The first-order valence-corrected chi connectivity index (χ1v) is 6.31. The summed E-state index contributed by atoms with van der Waals surface area (Å²) in [4.78, 5) is 2.18. The molecule has 0 saturated heterocycles. The summed E-state index contributed by atoms with van der Waals surface area (Å²) in [5, 5.41) is 0. The molecule has 3 heteroatoms. The van der Waals surface area contributed by atoms with Crippen molar-refractivity contribution in [3.8, 4) is 0 Å². The van der Waals surface area contributed by atoms with Crippen LogP contribution < -0.4 is 10.6 Å². The molecule has 18 heavy (non-hydrogen) atoms. The number of hydrogen-bond donors (Lipinski definition) is 1. The summed E-state index contributed by atoms with van der Waals surface area (Å²) in [5.41, 5.74) is 8.43. The van der Waals surface area contributed by atoms with Crippen LogP contribution in [0.25, 0.3) is 0 Å². The van der Waals surface area contributed by atoms with Gasteiger partial charge in [-0.25, -0.2) is 4.39 Å². The average molecular weight is 250 g/mol. The highest BCUT2D eigenvalue weighted by Crippen LogP contribution is 2.29. The summed E-state index contributed by atoms with van der Waals surface area (Å²) in [7, 11) is 0. The average Bonchev–Trinajstić information content (AvgIpc) is 2.28. The predicted molar refractivity (Wildman–Crippen MR) is 76.4 cm³/mol. The Balaban J connectivity index is 3.35. The van der Waals surface area contributed by atoms with Gasteiger partial charge in [0.15, 0.2) is 0 Å². The molecule has 2 N–H and O–H groups in total. The van der Waals surface area contributed by atoms with Crippen LogP contribution in [0.4, 0.5) is 10.1 Å². The maximum Gasteiger partial charge on any atom is 0.126 e. The third kappa shape index (κ3) is 3.10. The number of nitrogens with zero attached hydrogens (tertiary/aromatic N) is 1. The van der Waals surface area contributed by atoms with Crippen molar-refractivity contribution in [1.29, 1.82) is 0 Å². The minimum absolute atomic E-state index is 0.193. The van der Waals surface area contributed by atoms with Crippen LogP contribution in [0.15, 0.2) is 24.8 Å². The molecule has 1 aromatic rings. The van der Waals surface area contributed by atoms with E-state index in [9.17, 15) is 4.39 Å². The summed E-state index contributed by atoms with van der Waals surface area (Å²) in [6.07, 6.45) is 1.85. The molecule has 0 radical (unpaired) electrons. The Morgan fingerprint density at radius 1 is 1.39 bits per heavy atom. The summed E-state index contributed by atoms with van der Waals surface area (Å²) >= 11 is 0. The molecule has 2 nitrogen and oxygen atoms in total. The lowest BCUT2D eigenvalue weighted by atomic mass is 10.0. The molecule has 0 unspecified atom stereocenters. The van der Waals surface area contributed by atoms with Crippen molar-refractivity contribution in [1.82, 2.24) is 0 Å². The molecule has 0 aliphatic carbocycles. The zero-order valence-electron chi connectivity index (χ0n) is 11.7. The van der Waals surface area contributed by atoms with Crippen LogP contribution in [0.1, 0.15) is 37.9 Å². The second kappa shape index (κ2) is 6.01. The quantitative estimate of drug-likeness (QED) is 0.810. The Morgan fingerprint density at radius 2 is 2.00 bits per heavy atom. The lowest BCUT2D eigenvalue weighted by molar-refractivity contribution is 0.610. The molecule has 0 aliphatic rings. The molecular formula is C15H23FN2. The van der Waals surface area contributed by atoms with E-state index in [-0.39, 0.29) is 11.9 Å². The standard InChI is InChI=1S/C15H23FN2/c1-6-7-18(10(2)3)15-8-11(4)14(16)9-13(15)12(5)17/h6,8-10,12H,1,7,17H2,2-5H3/t12-/m1/s1. The van der Waals surface area contributed by atoms with E-state index in [0.717, 1.165) is 17.8 Å². The number of halogens is 1. The van der Waals surface area contributed by atoms with Gasteiger partial charge in [0, 0.05) is 24.3 Å². The zero-order valence-corrected chi connectivity index (χ0v) is 11.7. The molecule has 0 fully saturated rings. The lowest BCUT2D eigenvalue weighted by Gasteiger charge is -2.31. The largest absolute Gasteiger partial charge is 0.365 e. The number of nitrogens with two attached hydrogens (primary N) is 1. The maximum absolute atomic E-state index is 13.7. The van der Waals surface area contributed by atoms with Gasteiger partial charge in [0.25, 0.3) is 0 Å². The van der Waals surface area contributed by atoms with Crippen LogP contribution in [0.3, 0.4) is 0 Å². The van der Waals surface area contributed by atoms with Crippen LogP contribution in [0.5, 0.6) is 0 Å². The third-order valence-electron chi connectivity index (χ3n) is 3.06. The Morgan fingerprint density at radius 3 is 2.44 bits per heavy atom. The van der Waals surface area contributed by atoms with Crippen molar-refractivity contribution in [3.05, 3.63) is 41.7 Å². The van der Waals surface area contributed by atoms with Crippen LogP contribution in [-0.2, 0) is 0 Å². The fraction of sp³-hybridized carbons (Fsp3) is 0.467. The number of aryl methyl sites for hydroxylation is 1. The fourth-order valence-electron chi connectivity index (χ4n) is 2.02. The van der Waals surface area contributed by atoms with E-state index in [1.165, 1.54) is 0 Å². The SMILES string of the molecule is C=CCN(c1cc(C)c(F)cc1[C@@H](C)N)C(C)C. The summed E-state index contributed by atoms with van der Waals surface area (Å²) in [6.45, 7) is 12.4. The number of benzene rings is 1. The van der Waals surface area contributed by atoms with E-state index in [1.54, 1.807) is 13.0 Å². The normalized spacial score (nSPS) is 12.6. The monoisotopic (exact) mass is 250 g/mol. The van der Waals surface area contributed by atoms with Crippen molar-refractivity contribution in [2.75, 3.05) is 11.4 Å². The first-order valence-electron chi connectivity index (χ1n) is 6.31. The van der Waals surface area contributed by atoms with Crippen molar-refractivity contribution in [2.24, 2.45) is 5.73 Å². The predicted octanol–water partition coefficient (Wildman–Crippen LogP) is 3.55. The van der Waals surface area contributed by atoms with E-state index in [0.29, 0.717) is 11.6 Å². The van der Waals surface area contributed by atoms with Gasteiger partial charge in [-0.15, -0.1) is 6.58 Å². The molecule has 0 saturated carbocycles. The molecule has 0 aliphatic heterocycles. The highest BCUT2D eigenvalue weighted by molar-refractivity contribution is 5.58. The van der Waals surface area contributed by atoms with E-state index in [4.69, 9.17) is 5.73 Å². The molecule has 1 aromatic carbocycles. The Hall–Kier alpha value is -1.35. The molecule has 0 amide bonds. The minimum Gasteiger partial charge on any atom is -0.365 e. The van der Waals surface area contributed by atoms with Gasteiger partial charge < -0.3 is 10.6 Å². The second-order valence-electron chi connectivity index (χ2n) is 4.98. The van der Waals surface area contributed by atoms with Gasteiger partial charge in [-0.3, -0.25) is 0 Å². The van der Waals surface area contributed by atoms with Crippen molar-refractivity contribution in [3.63, 3.8) is 0 Å². The minimum atomic E-state index is -0.201. The maximum atomic E-state index is 13.7. The highest BCUT2D eigenvalue weighted by Gasteiger charge is 2.17. The van der Waals surface area contributed by atoms with E-state index >= 15 is 0 Å². The number of hydrogen-bond acceptors (Lipinski definition) is 2. The van der Waals surface area contributed by atoms with Gasteiger partial charge in [0.1, 0.15) is 5.82 Å². The summed E-state index contributed by atoms with van der Waals surface area (Å²) in [5.74, 6) is -0.201. The Bertz CT molecular complexity index is 425. The van der Waals surface area contributed by atoms with Gasteiger partial charge in [-0.2, -0.15) is 0 Å². The van der Waals surface area contributed by atoms with E-state index < -0.39 is 0 Å². The molecule has 0 spiro atoms. The number of rotatable bonds is 5. The summed E-state index contributed by atoms with van der Waals surface area (Å²) in [6, 6.07) is 3.54. The number of anilines is 1.